The highest BCUT2D eigenvalue weighted by molar-refractivity contribution is 5.95. The van der Waals surface area contributed by atoms with Crippen molar-refractivity contribution in [2.75, 3.05) is 5.32 Å². The molecule has 2 aromatic carbocycles. The molecule has 0 fully saturated rings. The molecule has 1 N–H and O–H groups in total. The van der Waals surface area contributed by atoms with Gasteiger partial charge in [-0.15, -0.1) is 0 Å². The molecule has 0 aliphatic carbocycles. The van der Waals surface area contributed by atoms with Crippen LogP contribution in [0.1, 0.15) is 24.5 Å². The molecule has 0 saturated carbocycles. The SMILES string of the molecule is CCC(Oc1ccc(F)cc1)C(=O)Nc1ccc(C)cc1C. The first kappa shape index (κ1) is 16.0. The van der Waals surface area contributed by atoms with Gasteiger partial charge in [0.25, 0.3) is 5.91 Å². The molecule has 1 unspecified atom stereocenters. The summed E-state index contributed by atoms with van der Waals surface area (Å²) in [5.74, 6) is -0.0667. The number of carbonyl (C=O) groups is 1. The zero-order valence-electron chi connectivity index (χ0n) is 13.0. The summed E-state index contributed by atoms with van der Waals surface area (Å²) in [6.07, 6.45) is -0.0973. The van der Waals surface area contributed by atoms with E-state index in [-0.39, 0.29) is 11.7 Å². The van der Waals surface area contributed by atoms with Crippen LogP contribution in [0.25, 0.3) is 0 Å². The lowest BCUT2D eigenvalue weighted by Gasteiger charge is -2.18. The van der Waals surface area contributed by atoms with E-state index in [0.717, 1.165) is 16.8 Å². The number of halogens is 1. The number of carbonyl (C=O) groups excluding carboxylic acids is 1. The number of benzene rings is 2. The first-order valence-electron chi connectivity index (χ1n) is 7.30. The molecule has 0 aliphatic heterocycles. The topological polar surface area (TPSA) is 38.3 Å². The summed E-state index contributed by atoms with van der Waals surface area (Å²) in [5, 5.41) is 2.88. The summed E-state index contributed by atoms with van der Waals surface area (Å²) in [6.45, 7) is 5.82. The molecule has 1 amide bonds. The second-order valence-electron chi connectivity index (χ2n) is 5.28. The largest absolute Gasteiger partial charge is 0.481 e. The van der Waals surface area contributed by atoms with Crippen molar-refractivity contribution in [3.63, 3.8) is 0 Å². The third-order valence-corrected chi connectivity index (χ3v) is 3.39. The fraction of sp³-hybridized carbons (Fsp3) is 0.278. The number of nitrogens with one attached hydrogen (secondary N) is 1. The predicted octanol–water partition coefficient (Wildman–Crippen LogP) is 4.24. The summed E-state index contributed by atoms with van der Waals surface area (Å²) in [4.78, 5) is 12.3. The van der Waals surface area contributed by atoms with Crippen molar-refractivity contribution in [1.82, 2.24) is 0 Å². The van der Waals surface area contributed by atoms with Crippen LogP contribution in [0.5, 0.6) is 5.75 Å². The van der Waals surface area contributed by atoms with Gasteiger partial charge in [-0.3, -0.25) is 4.79 Å². The smallest absolute Gasteiger partial charge is 0.265 e. The predicted molar refractivity (Wildman–Crippen MR) is 85.7 cm³/mol. The molecule has 3 nitrogen and oxygen atoms in total. The van der Waals surface area contributed by atoms with E-state index in [1.54, 1.807) is 0 Å². The van der Waals surface area contributed by atoms with Gasteiger partial charge in [-0.25, -0.2) is 4.39 Å². The maximum Gasteiger partial charge on any atom is 0.265 e. The lowest BCUT2D eigenvalue weighted by molar-refractivity contribution is -0.122. The van der Waals surface area contributed by atoms with Gasteiger partial charge in [0.05, 0.1) is 0 Å². The monoisotopic (exact) mass is 301 g/mol. The minimum atomic E-state index is -0.619. The molecule has 0 bridgehead atoms. The Hall–Kier alpha value is -2.36. The summed E-state index contributed by atoms with van der Waals surface area (Å²) in [6, 6.07) is 11.5. The van der Waals surface area contributed by atoms with Crippen molar-refractivity contribution in [2.45, 2.75) is 33.3 Å². The Kier molecular flexibility index (Phi) is 5.15. The highest BCUT2D eigenvalue weighted by Gasteiger charge is 2.19. The molecule has 0 aliphatic rings. The van der Waals surface area contributed by atoms with Crippen LogP contribution in [0.2, 0.25) is 0 Å². The number of aryl methyl sites for hydroxylation is 2. The molecule has 22 heavy (non-hydrogen) atoms. The number of hydrogen-bond donors (Lipinski definition) is 1. The highest BCUT2D eigenvalue weighted by Crippen LogP contribution is 2.19. The minimum Gasteiger partial charge on any atom is -0.481 e. The molecule has 2 aromatic rings. The van der Waals surface area contributed by atoms with E-state index in [1.165, 1.54) is 24.3 Å². The maximum absolute atomic E-state index is 12.9. The van der Waals surface area contributed by atoms with E-state index in [4.69, 9.17) is 4.74 Å². The van der Waals surface area contributed by atoms with Gasteiger partial charge in [-0.05, 0) is 56.2 Å². The average Bonchev–Trinajstić information content (AvgIpc) is 2.49. The van der Waals surface area contributed by atoms with Crippen LogP contribution in [0.3, 0.4) is 0 Å². The van der Waals surface area contributed by atoms with Gasteiger partial charge in [0.1, 0.15) is 11.6 Å². The Morgan fingerprint density at radius 2 is 1.86 bits per heavy atom. The van der Waals surface area contributed by atoms with Crippen molar-refractivity contribution in [3.05, 3.63) is 59.4 Å². The van der Waals surface area contributed by atoms with Crippen molar-refractivity contribution in [1.29, 1.82) is 0 Å². The Morgan fingerprint density at radius 3 is 2.45 bits per heavy atom. The second-order valence-corrected chi connectivity index (χ2v) is 5.28. The van der Waals surface area contributed by atoms with Crippen LogP contribution >= 0.6 is 0 Å². The number of rotatable bonds is 5. The Bertz CT molecular complexity index is 653. The summed E-state index contributed by atoms with van der Waals surface area (Å²) in [5.41, 5.74) is 2.92. The lowest BCUT2D eigenvalue weighted by Crippen LogP contribution is -2.32. The normalized spacial score (nSPS) is 11.8. The summed E-state index contributed by atoms with van der Waals surface area (Å²) in [7, 11) is 0. The highest BCUT2D eigenvalue weighted by atomic mass is 19.1. The molecule has 0 saturated heterocycles. The number of amides is 1. The standard InChI is InChI=1S/C18H20FNO2/c1-4-17(22-15-8-6-14(19)7-9-15)18(21)20-16-10-5-12(2)11-13(16)3/h5-11,17H,4H2,1-3H3,(H,20,21). The molecule has 1 atom stereocenters. The molecule has 0 radical (unpaired) electrons. The first-order chi connectivity index (χ1) is 10.5. The van der Waals surface area contributed by atoms with Gasteiger partial charge in [0.15, 0.2) is 6.10 Å². The average molecular weight is 301 g/mol. The number of anilines is 1. The van der Waals surface area contributed by atoms with E-state index in [0.29, 0.717) is 12.2 Å². The molecular formula is C18H20FNO2. The molecule has 0 spiro atoms. The first-order valence-corrected chi connectivity index (χ1v) is 7.30. The molecule has 0 heterocycles. The third kappa shape index (κ3) is 4.07. The van der Waals surface area contributed by atoms with Crippen molar-refractivity contribution >= 4 is 11.6 Å². The Labute approximate surface area is 130 Å². The van der Waals surface area contributed by atoms with E-state index in [2.05, 4.69) is 5.32 Å². The van der Waals surface area contributed by atoms with Crippen LogP contribution < -0.4 is 10.1 Å². The van der Waals surface area contributed by atoms with Crippen molar-refractivity contribution < 1.29 is 13.9 Å². The summed E-state index contributed by atoms with van der Waals surface area (Å²) >= 11 is 0. The van der Waals surface area contributed by atoms with Gasteiger partial charge in [-0.2, -0.15) is 0 Å². The van der Waals surface area contributed by atoms with Crippen LogP contribution in [0, 0.1) is 19.7 Å². The Morgan fingerprint density at radius 1 is 1.18 bits per heavy atom. The van der Waals surface area contributed by atoms with Crippen molar-refractivity contribution in [3.8, 4) is 5.75 Å². The van der Waals surface area contributed by atoms with E-state index < -0.39 is 6.10 Å². The van der Waals surface area contributed by atoms with Crippen LogP contribution in [0.15, 0.2) is 42.5 Å². The van der Waals surface area contributed by atoms with E-state index in [9.17, 15) is 9.18 Å². The number of hydrogen-bond acceptors (Lipinski definition) is 2. The van der Waals surface area contributed by atoms with Crippen LogP contribution in [-0.2, 0) is 4.79 Å². The van der Waals surface area contributed by atoms with Gasteiger partial charge in [0, 0.05) is 5.69 Å². The van der Waals surface area contributed by atoms with Gasteiger partial charge < -0.3 is 10.1 Å². The lowest BCUT2D eigenvalue weighted by atomic mass is 10.1. The fourth-order valence-electron chi connectivity index (χ4n) is 2.17. The molecule has 2 rings (SSSR count). The van der Waals surface area contributed by atoms with Crippen LogP contribution in [-0.4, -0.2) is 12.0 Å². The molecular weight excluding hydrogens is 281 g/mol. The van der Waals surface area contributed by atoms with Gasteiger partial charge >= 0.3 is 0 Å². The zero-order valence-corrected chi connectivity index (χ0v) is 13.0. The summed E-state index contributed by atoms with van der Waals surface area (Å²) < 4.78 is 18.5. The Balaban J connectivity index is 2.06. The minimum absolute atomic E-state index is 0.209. The second kappa shape index (κ2) is 7.07. The quantitative estimate of drug-likeness (QED) is 0.897. The van der Waals surface area contributed by atoms with Gasteiger partial charge in [-0.1, -0.05) is 24.6 Å². The van der Waals surface area contributed by atoms with Crippen LogP contribution in [0.4, 0.5) is 10.1 Å². The van der Waals surface area contributed by atoms with E-state index in [1.807, 2.05) is 39.0 Å². The molecule has 116 valence electrons. The fourth-order valence-corrected chi connectivity index (χ4v) is 2.17. The maximum atomic E-state index is 12.9. The molecule has 4 heteroatoms. The zero-order chi connectivity index (χ0) is 16.1. The van der Waals surface area contributed by atoms with Gasteiger partial charge in [0.2, 0.25) is 0 Å². The van der Waals surface area contributed by atoms with Crippen molar-refractivity contribution in [2.24, 2.45) is 0 Å². The van der Waals surface area contributed by atoms with E-state index >= 15 is 0 Å². The third-order valence-electron chi connectivity index (χ3n) is 3.39. The molecule has 0 aromatic heterocycles. The number of ether oxygens (including phenoxy) is 1.